The van der Waals surface area contributed by atoms with Crippen LogP contribution in [-0.2, 0) is 9.55 Å². The fourth-order valence-corrected chi connectivity index (χ4v) is 3.22. The minimum absolute atomic E-state index is 0.129. The molecule has 1 aromatic carbocycles. The molecule has 1 radical (unpaired) electrons. The maximum atomic E-state index is 13.0. The van der Waals surface area contributed by atoms with Crippen LogP contribution in [0, 0.1) is 5.92 Å². The van der Waals surface area contributed by atoms with Gasteiger partial charge in [-0.15, -0.1) is 5.16 Å². The van der Waals surface area contributed by atoms with E-state index in [1.807, 2.05) is 56.3 Å². The summed E-state index contributed by atoms with van der Waals surface area (Å²) < 4.78 is 5.03. The molecule has 1 aromatic heterocycles. The summed E-state index contributed by atoms with van der Waals surface area (Å²) in [4.78, 5) is 17.1. The Morgan fingerprint density at radius 1 is 1.34 bits per heavy atom. The normalized spacial score (nSPS) is 15.3. The van der Waals surface area contributed by atoms with Crippen molar-refractivity contribution in [2.75, 3.05) is 11.9 Å². The Morgan fingerprint density at radius 3 is 2.97 bits per heavy atom. The van der Waals surface area contributed by atoms with Gasteiger partial charge in [0.15, 0.2) is 0 Å². The number of aromatic nitrogens is 1. The summed E-state index contributed by atoms with van der Waals surface area (Å²) in [5.41, 5.74) is 9.44. The molecule has 0 saturated heterocycles. The molecule has 3 N–H and O–H groups in total. The van der Waals surface area contributed by atoms with Crippen LogP contribution in [-0.4, -0.2) is 31.1 Å². The summed E-state index contributed by atoms with van der Waals surface area (Å²) >= 11 is 0. The van der Waals surface area contributed by atoms with E-state index < -0.39 is 5.92 Å². The molecule has 1 unspecified atom stereocenters. The smallest absolute Gasteiger partial charge is 0.449 e. The van der Waals surface area contributed by atoms with E-state index in [0.29, 0.717) is 6.42 Å². The molecule has 6 nitrogen and oxygen atoms in total. The lowest BCUT2D eigenvalue weighted by Crippen LogP contribution is -2.31. The highest BCUT2D eigenvalue weighted by Gasteiger charge is 2.22. The van der Waals surface area contributed by atoms with Crippen molar-refractivity contribution in [1.82, 2.24) is 4.98 Å². The third kappa shape index (κ3) is 5.00. The van der Waals surface area contributed by atoms with Gasteiger partial charge in [-0.25, -0.2) is 0 Å². The number of allylic oxidation sites excluding steroid dienone is 5. The van der Waals surface area contributed by atoms with Gasteiger partial charge in [0.05, 0.1) is 12.1 Å². The maximum Gasteiger partial charge on any atom is 0.449 e. The van der Waals surface area contributed by atoms with Gasteiger partial charge in [-0.05, 0) is 48.0 Å². The summed E-state index contributed by atoms with van der Waals surface area (Å²) in [6.45, 7) is 4.16. The molecule has 147 valence electrons. The fourth-order valence-electron chi connectivity index (χ4n) is 3.22. The summed E-state index contributed by atoms with van der Waals surface area (Å²) in [6.07, 6.45) is 11.7. The molecular formula is C22H24BN4O2. The van der Waals surface area contributed by atoms with Crippen molar-refractivity contribution in [3.8, 4) is 0 Å². The van der Waals surface area contributed by atoms with Crippen LogP contribution < -0.4 is 11.1 Å². The van der Waals surface area contributed by atoms with Gasteiger partial charge >= 0.3 is 7.48 Å². The predicted molar refractivity (Wildman–Crippen MR) is 118 cm³/mol. The average Bonchev–Trinajstić information content (AvgIpc) is 2.74. The van der Waals surface area contributed by atoms with Gasteiger partial charge in [-0.2, -0.15) is 0 Å². The van der Waals surface area contributed by atoms with Crippen LogP contribution in [0.2, 0.25) is 0 Å². The number of benzene rings is 1. The number of oxime groups is 1. The quantitative estimate of drug-likeness (QED) is 0.711. The van der Waals surface area contributed by atoms with Gasteiger partial charge in [-0.3, -0.25) is 9.78 Å². The highest BCUT2D eigenvalue weighted by molar-refractivity contribution is 6.41. The van der Waals surface area contributed by atoms with Gasteiger partial charge in [0.25, 0.3) is 0 Å². The Morgan fingerprint density at radius 2 is 2.21 bits per heavy atom. The van der Waals surface area contributed by atoms with Gasteiger partial charge in [0, 0.05) is 30.0 Å². The lowest BCUT2D eigenvalue weighted by Gasteiger charge is -2.19. The zero-order valence-electron chi connectivity index (χ0n) is 16.6. The highest BCUT2D eigenvalue weighted by Crippen LogP contribution is 2.23. The molecule has 1 aliphatic rings. The first-order valence-electron chi connectivity index (χ1n) is 9.60. The number of nitrogens with one attached hydrogen (secondary N) is 1. The van der Waals surface area contributed by atoms with Crippen LogP contribution in [0.4, 0.5) is 5.69 Å². The lowest BCUT2D eigenvalue weighted by atomic mass is 9.81. The molecule has 2 heterocycles. The van der Waals surface area contributed by atoms with Gasteiger partial charge in [0.1, 0.15) is 0 Å². The number of fused-ring (bicyclic) bond motifs is 1. The first kappa shape index (κ1) is 20.5. The molecule has 2 aromatic rings. The van der Waals surface area contributed by atoms with Crippen LogP contribution in [0.15, 0.2) is 76.7 Å². The summed E-state index contributed by atoms with van der Waals surface area (Å²) in [6, 6.07) is 7.66. The van der Waals surface area contributed by atoms with E-state index in [-0.39, 0.29) is 12.5 Å². The molecule has 0 aliphatic carbocycles. The van der Waals surface area contributed by atoms with Crippen molar-refractivity contribution in [3.63, 3.8) is 0 Å². The molecular weight excluding hydrogens is 363 g/mol. The van der Waals surface area contributed by atoms with Gasteiger partial charge < -0.3 is 15.8 Å². The van der Waals surface area contributed by atoms with Crippen molar-refractivity contribution in [2.45, 2.75) is 20.3 Å². The second-order valence-electron chi connectivity index (χ2n) is 6.66. The van der Waals surface area contributed by atoms with Gasteiger partial charge in [-0.1, -0.05) is 36.8 Å². The predicted octanol–water partition coefficient (Wildman–Crippen LogP) is 3.55. The highest BCUT2D eigenvalue weighted by atomic mass is 16.6. The number of carbonyl (C=O) groups excluding carboxylic acids is 1. The Hall–Kier alpha value is -3.19. The number of rotatable bonds is 7. The monoisotopic (exact) mass is 387 g/mol. The second kappa shape index (κ2) is 9.84. The molecule has 0 fully saturated rings. The Bertz CT molecular complexity index is 1010. The van der Waals surface area contributed by atoms with E-state index in [1.165, 1.54) is 0 Å². The standard InChI is InChI=1S/C22H24BN4O2/c1-3-5-21-18(14-26-29-23-21)10-15(4-2)20(12-24)22(28)27-19-7-6-17-13-25-9-8-16(17)11-19/h3,5-11,13-14,20H,4,12,24H2,1-2H3,(H,27,28)/b5-3-,15-10+. The number of nitrogens with two attached hydrogens (primary N) is 1. The van der Waals surface area contributed by atoms with Crippen molar-refractivity contribution in [3.05, 3.63) is 71.5 Å². The third-order valence-corrected chi connectivity index (χ3v) is 4.77. The van der Waals surface area contributed by atoms with Crippen LogP contribution in [0.3, 0.4) is 0 Å². The minimum atomic E-state index is -0.441. The number of hydrogen-bond donors (Lipinski definition) is 2. The summed E-state index contributed by atoms with van der Waals surface area (Å²) in [7, 11) is 1.58. The number of nitrogens with zero attached hydrogens (tertiary/aromatic N) is 2. The SMILES string of the molecule is C/C=C\C1=C(/C=C(\CC)C(CN)C(=O)Nc2ccc3cnccc3c2)C=NO[B]1. The minimum Gasteiger partial charge on any atom is -0.468 e. The van der Waals surface area contributed by atoms with E-state index >= 15 is 0 Å². The van der Waals surface area contributed by atoms with E-state index in [9.17, 15) is 4.79 Å². The van der Waals surface area contributed by atoms with Crippen LogP contribution in [0.25, 0.3) is 10.8 Å². The first-order valence-corrected chi connectivity index (χ1v) is 9.60. The number of pyridine rings is 1. The largest absolute Gasteiger partial charge is 0.468 e. The Balaban J connectivity index is 1.85. The zero-order valence-corrected chi connectivity index (χ0v) is 16.6. The number of hydrogen-bond acceptors (Lipinski definition) is 5. The van der Waals surface area contributed by atoms with Crippen LogP contribution >= 0.6 is 0 Å². The average molecular weight is 387 g/mol. The van der Waals surface area contributed by atoms with Crippen LogP contribution in [0.1, 0.15) is 20.3 Å². The Labute approximate surface area is 171 Å². The van der Waals surface area contributed by atoms with Crippen molar-refractivity contribution in [2.24, 2.45) is 16.8 Å². The lowest BCUT2D eigenvalue weighted by molar-refractivity contribution is -0.118. The zero-order chi connectivity index (χ0) is 20.6. The van der Waals surface area contributed by atoms with Crippen molar-refractivity contribution >= 4 is 36.1 Å². The summed E-state index contributed by atoms with van der Waals surface area (Å²) in [5, 5.41) is 8.89. The Kier molecular flexibility index (Phi) is 6.97. The number of anilines is 1. The molecule has 29 heavy (non-hydrogen) atoms. The topological polar surface area (TPSA) is 89.6 Å². The molecule has 0 bridgehead atoms. The molecule has 1 atom stereocenters. The van der Waals surface area contributed by atoms with E-state index in [0.717, 1.165) is 33.1 Å². The summed E-state index contributed by atoms with van der Waals surface area (Å²) in [5.74, 6) is -0.570. The first-order chi connectivity index (χ1) is 14.2. The van der Waals surface area contributed by atoms with Crippen molar-refractivity contribution in [1.29, 1.82) is 0 Å². The van der Waals surface area contributed by atoms with E-state index in [2.05, 4.69) is 15.5 Å². The third-order valence-electron chi connectivity index (χ3n) is 4.77. The molecule has 7 heteroatoms. The van der Waals surface area contributed by atoms with Crippen molar-refractivity contribution < 1.29 is 9.55 Å². The molecule has 1 amide bonds. The fraction of sp³-hybridized carbons (Fsp3) is 0.227. The maximum absolute atomic E-state index is 13.0. The molecule has 1 aliphatic heterocycles. The van der Waals surface area contributed by atoms with Crippen LogP contribution in [0.5, 0.6) is 0 Å². The molecule has 0 spiro atoms. The second-order valence-corrected chi connectivity index (χ2v) is 6.66. The number of carbonyl (C=O) groups is 1. The van der Waals surface area contributed by atoms with Gasteiger partial charge in [0.2, 0.25) is 5.91 Å². The van der Waals surface area contributed by atoms with E-state index in [4.69, 9.17) is 10.5 Å². The van der Waals surface area contributed by atoms with E-state index in [1.54, 1.807) is 26.1 Å². The number of amides is 1. The molecule has 0 saturated carbocycles. The molecule has 3 rings (SSSR count).